The predicted octanol–water partition coefficient (Wildman–Crippen LogP) is 15.4. The van der Waals surface area contributed by atoms with Crippen molar-refractivity contribution in [2.24, 2.45) is 0 Å². The van der Waals surface area contributed by atoms with E-state index in [2.05, 4.69) is 37.5 Å². The van der Waals surface area contributed by atoms with Crippen LogP contribution < -0.4 is 0 Å². The summed E-state index contributed by atoms with van der Waals surface area (Å²) in [6.07, 6.45) is 40.4. The molecule has 0 heterocycles. The molecule has 0 fully saturated rings. The maximum atomic E-state index is 13.8. The fourth-order valence-electron chi connectivity index (χ4n) is 8.42. The van der Waals surface area contributed by atoms with Gasteiger partial charge in [-0.1, -0.05) is 193 Å². The fourth-order valence-corrected chi connectivity index (χ4v) is 11.0. The molecule has 72 heavy (non-hydrogen) atoms. The zero-order valence-electron chi connectivity index (χ0n) is 45.3. The van der Waals surface area contributed by atoms with Crippen molar-refractivity contribution in [2.45, 2.75) is 217 Å². The molecule has 2 rings (SSSR count). The summed E-state index contributed by atoms with van der Waals surface area (Å²) in [5.74, 6) is -1.81. The quantitative estimate of drug-likeness (QED) is 0.0274. The van der Waals surface area contributed by atoms with Crippen molar-refractivity contribution < 1.29 is 35.9 Å². The lowest BCUT2D eigenvalue weighted by atomic mass is 10.1. The molecule has 0 amide bonds. The van der Waals surface area contributed by atoms with Crippen molar-refractivity contribution in [2.75, 3.05) is 39.4 Å². The summed E-state index contributed by atoms with van der Waals surface area (Å²) >= 11 is 0. The highest BCUT2D eigenvalue weighted by molar-refractivity contribution is 7.96. The average Bonchev–Trinajstić information content (AvgIpc) is 3.38. The number of rotatable bonds is 45. The van der Waals surface area contributed by atoms with Gasteiger partial charge in [-0.3, -0.25) is 0 Å². The molecule has 12 heteroatoms. The first-order chi connectivity index (χ1) is 35.0. The molecule has 0 aromatic heterocycles. The summed E-state index contributed by atoms with van der Waals surface area (Å²) in [5, 5.41) is 0. The van der Waals surface area contributed by atoms with E-state index >= 15 is 0 Å². The Bertz CT molecular complexity index is 1870. The number of carbonyl (C=O) groups excluding carboxylic acids is 2. The third kappa shape index (κ3) is 28.3. The molecule has 2 aromatic carbocycles. The molecule has 0 aliphatic rings. The standard InChI is InChI=1S/C60H96N2O8S2/c1-5-9-13-17-21-33-47-61(48-34-22-18-14-10-6-2)51-39-45-57(71(65,66)55-41-29-27-30-42-55)59(63)69-53-37-25-26-38-54-70-60(64)58(72(67,68)56-43-31-28-32-44-56)46-40-52-62(49-35-23-19-15-11-7-3)50-36-24-20-16-12-8-4/h27-32,39-46,51-52H,5-26,33-38,47-50,53-54H2,1-4H3/b51-39+,52-40+,57-45-,58-46-. The van der Waals surface area contributed by atoms with Crippen molar-refractivity contribution in [1.82, 2.24) is 9.80 Å². The Kier molecular flexibility index (Phi) is 36.6. The second kappa shape index (κ2) is 41.2. The molecule has 10 nitrogen and oxygen atoms in total. The van der Waals surface area contributed by atoms with E-state index < -0.39 is 41.4 Å². The van der Waals surface area contributed by atoms with Gasteiger partial charge in [-0.05, 0) is 112 Å². The van der Waals surface area contributed by atoms with E-state index in [4.69, 9.17) is 9.47 Å². The van der Waals surface area contributed by atoms with Crippen LogP contribution in [0.15, 0.2) is 117 Å². The fraction of sp³-hybridized carbons (Fsp3) is 0.633. The minimum absolute atomic E-state index is 0.00937. The lowest BCUT2D eigenvalue weighted by Crippen LogP contribution is -2.20. The second-order valence-corrected chi connectivity index (χ2v) is 23.0. The van der Waals surface area contributed by atoms with Crippen LogP contribution in [0.5, 0.6) is 0 Å². The van der Waals surface area contributed by atoms with Gasteiger partial charge in [0, 0.05) is 26.2 Å². The zero-order chi connectivity index (χ0) is 52.4. The third-order valence-corrected chi connectivity index (χ3v) is 16.4. The topological polar surface area (TPSA) is 127 Å². The Morgan fingerprint density at radius 2 is 0.653 bits per heavy atom. The van der Waals surface area contributed by atoms with Crippen molar-refractivity contribution in [1.29, 1.82) is 0 Å². The first kappa shape index (κ1) is 64.0. The van der Waals surface area contributed by atoms with Crippen LogP contribution in [0.3, 0.4) is 0 Å². The van der Waals surface area contributed by atoms with E-state index in [1.165, 1.54) is 139 Å². The molecule has 0 bridgehead atoms. The van der Waals surface area contributed by atoms with Crippen molar-refractivity contribution in [3.05, 3.63) is 107 Å². The largest absolute Gasteiger partial charge is 0.462 e. The van der Waals surface area contributed by atoms with Gasteiger partial charge in [0.1, 0.15) is 0 Å². The van der Waals surface area contributed by atoms with Gasteiger partial charge in [-0.25, -0.2) is 26.4 Å². The molecule has 0 saturated heterocycles. The number of carbonyl (C=O) groups is 2. The molecule has 0 radical (unpaired) electrons. The maximum absolute atomic E-state index is 13.8. The Balaban J connectivity index is 2.08. The van der Waals surface area contributed by atoms with E-state index in [1.807, 2.05) is 12.4 Å². The molecule has 0 aliphatic carbocycles. The average molecular weight is 1040 g/mol. The molecule has 0 spiro atoms. The van der Waals surface area contributed by atoms with Gasteiger partial charge >= 0.3 is 11.9 Å². The summed E-state index contributed by atoms with van der Waals surface area (Å²) in [6, 6.07) is 15.9. The predicted molar refractivity (Wildman–Crippen MR) is 299 cm³/mol. The highest BCUT2D eigenvalue weighted by Gasteiger charge is 2.29. The monoisotopic (exact) mass is 1040 g/mol. The number of hydrogen-bond donors (Lipinski definition) is 0. The Hall–Kier alpha value is -4.16. The van der Waals surface area contributed by atoms with Crippen molar-refractivity contribution in [3.63, 3.8) is 0 Å². The van der Waals surface area contributed by atoms with Crippen LogP contribution in [0.4, 0.5) is 0 Å². The molecule has 0 saturated carbocycles. The number of sulfone groups is 2. The van der Waals surface area contributed by atoms with Gasteiger partial charge in [0.2, 0.25) is 19.7 Å². The number of esters is 2. The summed E-state index contributed by atoms with van der Waals surface area (Å²) < 4.78 is 66.5. The Morgan fingerprint density at radius 3 is 0.944 bits per heavy atom. The van der Waals surface area contributed by atoms with Gasteiger partial charge in [0.25, 0.3) is 0 Å². The van der Waals surface area contributed by atoms with Crippen LogP contribution in [0, 0.1) is 0 Å². The summed E-state index contributed by atoms with van der Waals surface area (Å²) in [4.78, 5) is 30.8. The Morgan fingerprint density at radius 1 is 0.389 bits per heavy atom. The van der Waals surface area contributed by atoms with E-state index in [0.717, 1.165) is 77.5 Å². The Labute approximate surface area is 439 Å². The van der Waals surface area contributed by atoms with Crippen LogP contribution in [-0.4, -0.2) is 78.0 Å². The van der Waals surface area contributed by atoms with Crippen LogP contribution >= 0.6 is 0 Å². The number of unbranched alkanes of at least 4 members (excludes halogenated alkanes) is 23. The van der Waals surface area contributed by atoms with Gasteiger partial charge in [-0.15, -0.1) is 0 Å². The van der Waals surface area contributed by atoms with E-state index in [1.54, 1.807) is 48.6 Å². The first-order valence-corrected chi connectivity index (χ1v) is 31.2. The van der Waals surface area contributed by atoms with Crippen LogP contribution in [0.25, 0.3) is 0 Å². The summed E-state index contributed by atoms with van der Waals surface area (Å²) in [7, 11) is -8.34. The smallest absolute Gasteiger partial charge is 0.350 e. The number of nitrogens with zero attached hydrogens (tertiary/aromatic N) is 2. The number of ether oxygens (including phenoxy) is 2. The summed E-state index contributed by atoms with van der Waals surface area (Å²) in [5.41, 5.74) is 0. The minimum atomic E-state index is -4.17. The van der Waals surface area contributed by atoms with Gasteiger partial charge in [-0.2, -0.15) is 0 Å². The van der Waals surface area contributed by atoms with Crippen LogP contribution in [0.1, 0.15) is 207 Å². The van der Waals surface area contributed by atoms with Crippen LogP contribution in [0.2, 0.25) is 0 Å². The van der Waals surface area contributed by atoms with Gasteiger partial charge in [0.15, 0.2) is 9.81 Å². The molecular formula is C60H96N2O8S2. The number of allylic oxidation sites excluding steroid dienone is 4. The SMILES string of the molecule is CCCCCCCCN(/C=C/C=C(/C(=O)OCCCCCCOC(=O)/C(=C/C=C/N(CCCCCCCC)CCCCCCCC)S(=O)(=O)c1ccccc1)S(=O)(=O)c1ccccc1)CCCCCCCC. The minimum Gasteiger partial charge on any atom is -0.462 e. The third-order valence-electron chi connectivity index (χ3n) is 12.9. The number of benzene rings is 2. The number of hydrogen-bond acceptors (Lipinski definition) is 10. The maximum Gasteiger partial charge on any atom is 0.350 e. The highest BCUT2D eigenvalue weighted by atomic mass is 32.2. The van der Waals surface area contributed by atoms with E-state index in [-0.39, 0.29) is 23.0 Å². The molecule has 2 aromatic rings. The zero-order valence-corrected chi connectivity index (χ0v) is 46.9. The van der Waals surface area contributed by atoms with E-state index in [9.17, 15) is 26.4 Å². The van der Waals surface area contributed by atoms with Gasteiger partial charge < -0.3 is 19.3 Å². The highest BCUT2D eigenvalue weighted by Crippen LogP contribution is 2.23. The molecule has 0 unspecified atom stereocenters. The second-order valence-electron chi connectivity index (χ2n) is 19.2. The lowest BCUT2D eigenvalue weighted by molar-refractivity contribution is -0.139. The van der Waals surface area contributed by atoms with Crippen molar-refractivity contribution >= 4 is 31.6 Å². The van der Waals surface area contributed by atoms with Gasteiger partial charge in [0.05, 0.1) is 23.0 Å². The first-order valence-electron chi connectivity index (χ1n) is 28.2. The molecule has 406 valence electrons. The molecule has 0 atom stereocenters. The molecular weight excluding hydrogens is 941 g/mol. The lowest BCUT2D eigenvalue weighted by Gasteiger charge is -2.20. The van der Waals surface area contributed by atoms with Crippen molar-refractivity contribution in [3.8, 4) is 0 Å². The molecule has 0 aliphatic heterocycles. The normalized spacial score (nSPS) is 12.5. The van der Waals surface area contributed by atoms with E-state index in [0.29, 0.717) is 25.7 Å². The van der Waals surface area contributed by atoms with Crippen LogP contribution in [-0.2, 0) is 38.7 Å². The summed E-state index contributed by atoms with van der Waals surface area (Å²) in [6.45, 7) is 12.4. The molecule has 0 N–H and O–H groups in total.